The molecule has 10 nitrogen and oxygen atoms in total. The molecule has 0 radical (unpaired) electrons. The number of nitrogens with one attached hydrogen (secondary N) is 1. The van der Waals surface area contributed by atoms with Gasteiger partial charge in [0.15, 0.2) is 0 Å². The number of imide groups is 1. The molecule has 3 aliphatic rings. The maximum atomic E-state index is 14.6. The minimum absolute atomic E-state index is 0.110. The molecule has 3 aromatic rings. The predicted octanol–water partition coefficient (Wildman–Crippen LogP) is 1.84. The van der Waals surface area contributed by atoms with Crippen molar-refractivity contribution in [1.82, 2.24) is 14.5 Å². The summed E-state index contributed by atoms with van der Waals surface area (Å²) in [6.07, 6.45) is 1.84. The van der Waals surface area contributed by atoms with Gasteiger partial charge in [-0.05, 0) is 42.8 Å². The van der Waals surface area contributed by atoms with Crippen LogP contribution < -0.4 is 10.2 Å². The molecule has 0 aliphatic carbocycles. The quantitative estimate of drug-likeness (QED) is 0.515. The number of carbonyl (C=O) groups excluding carboxylic acids is 3. The zero-order chi connectivity index (χ0) is 25.9. The number of piperidine rings is 1. The van der Waals surface area contributed by atoms with Crippen LogP contribution >= 0.6 is 0 Å². The Hall–Kier alpha value is -3.77. The fourth-order valence-corrected chi connectivity index (χ4v) is 6.77. The van der Waals surface area contributed by atoms with Gasteiger partial charge in [0.2, 0.25) is 21.8 Å². The molecule has 3 amide bonds. The first-order valence-electron chi connectivity index (χ1n) is 11.9. The molecule has 1 atom stereocenters. The third-order valence-electron chi connectivity index (χ3n) is 7.24. The lowest BCUT2D eigenvalue weighted by Gasteiger charge is -2.36. The van der Waals surface area contributed by atoms with Gasteiger partial charge in [0.25, 0.3) is 5.91 Å². The van der Waals surface area contributed by atoms with Crippen LogP contribution in [0.3, 0.4) is 0 Å². The summed E-state index contributed by atoms with van der Waals surface area (Å²) in [4.78, 5) is 40.4. The van der Waals surface area contributed by atoms with Crippen LogP contribution in [0.2, 0.25) is 0 Å². The van der Waals surface area contributed by atoms with Crippen molar-refractivity contribution in [1.29, 1.82) is 0 Å². The van der Waals surface area contributed by atoms with E-state index in [1.54, 1.807) is 18.2 Å². The highest BCUT2D eigenvalue weighted by atomic mass is 32.2. The Labute approximate surface area is 211 Å². The highest BCUT2D eigenvalue weighted by Crippen LogP contribution is 2.36. The van der Waals surface area contributed by atoms with Crippen molar-refractivity contribution in [2.45, 2.75) is 30.3 Å². The lowest BCUT2D eigenvalue weighted by molar-refractivity contribution is -0.136. The number of carbonyl (C=O) groups is 3. The van der Waals surface area contributed by atoms with Crippen molar-refractivity contribution >= 4 is 44.4 Å². The van der Waals surface area contributed by atoms with Gasteiger partial charge in [-0.1, -0.05) is 0 Å². The van der Waals surface area contributed by atoms with E-state index < -0.39 is 33.7 Å². The first kappa shape index (κ1) is 23.6. The first-order chi connectivity index (χ1) is 17.7. The van der Waals surface area contributed by atoms with Gasteiger partial charge in [-0.25, -0.2) is 12.8 Å². The number of rotatable bonds is 4. The third-order valence-corrected chi connectivity index (χ3v) is 9.13. The summed E-state index contributed by atoms with van der Waals surface area (Å²) in [5.74, 6) is -1.96. The first-order valence-corrected chi connectivity index (χ1v) is 13.4. The van der Waals surface area contributed by atoms with E-state index in [-0.39, 0.29) is 48.8 Å². The molecule has 1 N–H and O–H groups in total. The summed E-state index contributed by atoms with van der Waals surface area (Å²) < 4.78 is 47.8. The Bertz CT molecular complexity index is 1560. The second-order valence-corrected chi connectivity index (χ2v) is 11.3. The highest BCUT2D eigenvalue weighted by Gasteiger charge is 2.41. The van der Waals surface area contributed by atoms with E-state index in [2.05, 4.69) is 5.32 Å². The van der Waals surface area contributed by atoms with E-state index in [0.29, 0.717) is 35.3 Å². The lowest BCUT2D eigenvalue weighted by atomic mass is 10.0. The van der Waals surface area contributed by atoms with E-state index in [4.69, 9.17) is 4.42 Å². The second kappa shape index (κ2) is 8.67. The summed E-state index contributed by atoms with van der Waals surface area (Å²) in [7, 11) is -3.74. The molecule has 0 spiro atoms. The Morgan fingerprint density at radius 3 is 2.54 bits per heavy atom. The maximum Gasteiger partial charge on any atom is 0.255 e. The van der Waals surface area contributed by atoms with Crippen LogP contribution in [0.1, 0.15) is 28.8 Å². The van der Waals surface area contributed by atoms with Gasteiger partial charge in [0.05, 0.1) is 11.2 Å². The lowest BCUT2D eigenvalue weighted by Crippen LogP contribution is -2.52. The summed E-state index contributed by atoms with van der Waals surface area (Å²) in [5, 5.41) is 2.95. The molecule has 1 aromatic heterocycles. The molecule has 1 unspecified atom stereocenters. The zero-order valence-corrected chi connectivity index (χ0v) is 20.5. The Morgan fingerprint density at radius 2 is 1.78 bits per heavy atom. The smallest absolute Gasteiger partial charge is 0.255 e. The molecule has 2 fully saturated rings. The molecule has 37 heavy (non-hydrogen) atoms. The van der Waals surface area contributed by atoms with E-state index in [1.807, 2.05) is 4.90 Å². The van der Waals surface area contributed by atoms with Gasteiger partial charge < -0.3 is 14.2 Å². The fourth-order valence-electron chi connectivity index (χ4n) is 5.31. The maximum absolute atomic E-state index is 14.6. The fraction of sp³-hybridized carbons (Fsp3) is 0.320. The van der Waals surface area contributed by atoms with Crippen LogP contribution in [0.4, 0.5) is 10.1 Å². The van der Waals surface area contributed by atoms with Crippen molar-refractivity contribution in [3.63, 3.8) is 0 Å². The number of furan rings is 1. The highest BCUT2D eigenvalue weighted by molar-refractivity contribution is 7.89. The largest absolute Gasteiger partial charge is 0.464 e. The number of hydrogen-bond acceptors (Lipinski definition) is 7. The number of hydrogen-bond donors (Lipinski definition) is 1. The van der Waals surface area contributed by atoms with E-state index >= 15 is 0 Å². The number of nitrogens with zero attached hydrogens (tertiary/aromatic N) is 3. The number of sulfonamides is 1. The summed E-state index contributed by atoms with van der Waals surface area (Å²) >= 11 is 0. The molecule has 2 saturated heterocycles. The van der Waals surface area contributed by atoms with Crippen LogP contribution in [0.15, 0.2) is 52.0 Å². The number of fused-ring (bicyclic) bond motifs is 2. The van der Waals surface area contributed by atoms with Gasteiger partial charge in [0, 0.05) is 61.3 Å². The van der Waals surface area contributed by atoms with Gasteiger partial charge in [-0.15, -0.1) is 0 Å². The topological polar surface area (TPSA) is 120 Å². The van der Waals surface area contributed by atoms with Crippen LogP contribution in [0, 0.1) is 5.82 Å². The molecule has 12 heteroatoms. The molecular weight excluding hydrogens is 503 g/mol. The molecule has 6 rings (SSSR count). The van der Waals surface area contributed by atoms with E-state index in [0.717, 1.165) is 0 Å². The average molecular weight is 527 g/mol. The molecular formula is C25H23FN4O6S. The number of halogens is 1. The van der Waals surface area contributed by atoms with E-state index in [9.17, 15) is 27.2 Å². The van der Waals surface area contributed by atoms with Crippen LogP contribution in [-0.4, -0.2) is 67.6 Å². The minimum Gasteiger partial charge on any atom is -0.464 e. The number of anilines is 1. The van der Waals surface area contributed by atoms with Crippen molar-refractivity contribution in [2.75, 3.05) is 31.1 Å². The van der Waals surface area contributed by atoms with Crippen LogP contribution in [0.5, 0.6) is 0 Å². The Morgan fingerprint density at radius 1 is 1.00 bits per heavy atom. The average Bonchev–Trinajstić information content (AvgIpc) is 3.48. The van der Waals surface area contributed by atoms with Crippen LogP contribution in [-0.2, 0) is 26.2 Å². The third kappa shape index (κ3) is 3.96. The second-order valence-electron chi connectivity index (χ2n) is 9.36. The SMILES string of the molecule is O=C1CCC(N2Cc3c(cc(F)cc3N3CCN(S(=O)(=O)c4ccc5occc5c4)CC3)C2=O)C(=O)N1. The van der Waals surface area contributed by atoms with Crippen LogP contribution in [0.25, 0.3) is 11.0 Å². The van der Waals surface area contributed by atoms with Crippen molar-refractivity contribution in [3.05, 3.63) is 59.6 Å². The molecule has 3 aliphatic heterocycles. The van der Waals surface area contributed by atoms with E-state index in [1.165, 1.54) is 33.7 Å². The van der Waals surface area contributed by atoms with Gasteiger partial charge in [-0.2, -0.15) is 4.31 Å². The Balaban J connectivity index is 1.22. The minimum atomic E-state index is -3.74. The zero-order valence-electron chi connectivity index (χ0n) is 19.6. The van der Waals surface area contributed by atoms with Crippen molar-refractivity contribution in [3.8, 4) is 0 Å². The molecule has 0 bridgehead atoms. The summed E-state index contributed by atoms with van der Waals surface area (Å²) in [6, 6.07) is 8.13. The summed E-state index contributed by atoms with van der Waals surface area (Å²) in [6.45, 7) is 1.08. The normalized spacial score (nSPS) is 21.0. The van der Waals surface area contributed by atoms with Gasteiger partial charge in [-0.3, -0.25) is 19.7 Å². The molecule has 0 saturated carbocycles. The van der Waals surface area contributed by atoms with Crippen molar-refractivity contribution < 1.29 is 31.6 Å². The molecule has 4 heterocycles. The number of amides is 3. The molecule has 2 aromatic carbocycles. The standard InChI is InChI=1S/C25H23FN4O6S/c26-16-12-18-19(14-30(25(18)33)20-2-4-23(31)27-24(20)32)21(13-16)28-6-8-29(9-7-28)37(34,35)17-1-3-22-15(11-17)5-10-36-22/h1,3,5,10-13,20H,2,4,6-9,14H2,(H,27,31,32). The van der Waals surface area contributed by atoms with Gasteiger partial charge in [0.1, 0.15) is 17.4 Å². The monoisotopic (exact) mass is 526 g/mol. The number of piperazine rings is 1. The Kier molecular flexibility index (Phi) is 5.53. The molecule has 192 valence electrons. The van der Waals surface area contributed by atoms with Crippen molar-refractivity contribution in [2.24, 2.45) is 0 Å². The van der Waals surface area contributed by atoms with Gasteiger partial charge >= 0.3 is 0 Å². The summed E-state index contributed by atoms with van der Waals surface area (Å²) in [5.41, 5.74) is 1.89. The number of benzene rings is 2. The predicted molar refractivity (Wildman–Crippen MR) is 130 cm³/mol.